The van der Waals surface area contributed by atoms with Gasteiger partial charge in [-0.15, -0.1) is 0 Å². The van der Waals surface area contributed by atoms with Crippen molar-refractivity contribution in [3.05, 3.63) is 198 Å². The lowest BCUT2D eigenvalue weighted by atomic mass is 9.81. The molecule has 0 unspecified atom stereocenters. The Kier molecular flexibility index (Phi) is 6.98. The van der Waals surface area contributed by atoms with Gasteiger partial charge in [-0.05, 0) is 97.6 Å². The van der Waals surface area contributed by atoms with E-state index >= 15 is 0 Å². The highest BCUT2D eigenvalue weighted by molar-refractivity contribution is 6.11. The number of fused-ring (bicyclic) bond motifs is 9. The van der Waals surface area contributed by atoms with Gasteiger partial charge in [0.1, 0.15) is 5.58 Å². The number of nitrogens with zero attached hydrogens (tertiary/aromatic N) is 1. The van der Waals surface area contributed by atoms with E-state index in [-0.39, 0.29) is 10.8 Å². The summed E-state index contributed by atoms with van der Waals surface area (Å²) >= 11 is 0. The van der Waals surface area contributed by atoms with Crippen LogP contribution in [0.5, 0.6) is 0 Å². The second kappa shape index (κ2) is 11.9. The third kappa shape index (κ3) is 4.62. The van der Waals surface area contributed by atoms with Gasteiger partial charge >= 0.3 is 0 Å². The van der Waals surface area contributed by atoms with Crippen LogP contribution in [0.2, 0.25) is 0 Å². The van der Waals surface area contributed by atoms with Crippen LogP contribution in [0, 0.1) is 0 Å². The van der Waals surface area contributed by atoms with Crippen molar-refractivity contribution in [1.82, 2.24) is 0 Å². The molecule has 0 fully saturated rings. The van der Waals surface area contributed by atoms with Crippen molar-refractivity contribution >= 4 is 39.0 Å². The SMILES string of the molecule is CC1(C)c2ccccc2-c2ccc(-c3cccc(N(c4ccccc4-c4cccc5c4-c4ccccc4C5(C)C)c4cccc5c4oc4ccccc45)c3)cc21. The minimum absolute atomic E-state index is 0.0788. The molecule has 1 heterocycles. The predicted octanol–water partition coefficient (Wildman–Crippen LogP) is 15.0. The maximum atomic E-state index is 6.78. The van der Waals surface area contributed by atoms with E-state index in [1.165, 1.54) is 66.8 Å². The topological polar surface area (TPSA) is 16.4 Å². The maximum Gasteiger partial charge on any atom is 0.159 e. The molecule has 1 aromatic heterocycles. The second-order valence-corrected chi connectivity index (χ2v) is 16.5. The molecule has 2 nitrogen and oxygen atoms in total. The van der Waals surface area contributed by atoms with E-state index in [2.05, 4.69) is 202 Å². The molecule has 8 aromatic carbocycles. The third-order valence-electron chi connectivity index (χ3n) is 12.7. The number of anilines is 3. The summed E-state index contributed by atoms with van der Waals surface area (Å²) in [6.07, 6.45) is 0. The number of benzene rings is 8. The van der Waals surface area contributed by atoms with Crippen molar-refractivity contribution in [3.8, 4) is 44.5 Å². The largest absolute Gasteiger partial charge is 0.454 e. The van der Waals surface area contributed by atoms with Crippen LogP contribution in [-0.4, -0.2) is 0 Å². The van der Waals surface area contributed by atoms with E-state index in [0.717, 1.165) is 39.0 Å². The summed E-state index contributed by atoms with van der Waals surface area (Å²) in [6.45, 7) is 9.41. The summed E-state index contributed by atoms with van der Waals surface area (Å²) in [5.41, 5.74) is 20.3. The van der Waals surface area contributed by atoms with Crippen LogP contribution < -0.4 is 4.90 Å². The quantitative estimate of drug-likeness (QED) is 0.176. The Hall–Kier alpha value is -6.64. The molecule has 2 aliphatic carbocycles. The number of hydrogen-bond donors (Lipinski definition) is 0. The minimum Gasteiger partial charge on any atom is -0.454 e. The smallest absolute Gasteiger partial charge is 0.159 e. The molecule has 0 spiro atoms. The van der Waals surface area contributed by atoms with Gasteiger partial charge in [-0.25, -0.2) is 0 Å². The fraction of sp³-hybridized carbons (Fsp3) is 0.111. The highest BCUT2D eigenvalue weighted by atomic mass is 16.3. The fourth-order valence-electron chi connectivity index (χ4n) is 9.90. The van der Waals surface area contributed by atoms with Crippen LogP contribution in [0.15, 0.2) is 180 Å². The van der Waals surface area contributed by atoms with Crippen LogP contribution in [0.1, 0.15) is 49.9 Å². The van der Waals surface area contributed by atoms with Gasteiger partial charge in [0.15, 0.2) is 5.58 Å². The summed E-state index contributed by atoms with van der Waals surface area (Å²) in [6, 6.07) is 64.5. The summed E-state index contributed by atoms with van der Waals surface area (Å²) < 4.78 is 6.78. The van der Waals surface area contributed by atoms with Gasteiger partial charge in [-0.1, -0.05) is 167 Å². The van der Waals surface area contributed by atoms with E-state index in [1.807, 2.05) is 6.07 Å². The first kappa shape index (κ1) is 32.8. The molecule has 0 aliphatic heterocycles. The number of furan rings is 1. The molecular weight excluding hydrogens is 679 g/mol. The predicted molar refractivity (Wildman–Crippen MR) is 234 cm³/mol. The molecule has 0 amide bonds. The lowest BCUT2D eigenvalue weighted by Gasteiger charge is -2.29. The Morgan fingerprint density at radius 2 is 0.964 bits per heavy atom. The molecule has 268 valence electrons. The molecule has 0 bridgehead atoms. The number of hydrogen-bond acceptors (Lipinski definition) is 2. The van der Waals surface area contributed by atoms with E-state index in [4.69, 9.17) is 4.42 Å². The van der Waals surface area contributed by atoms with Gasteiger partial charge in [-0.2, -0.15) is 0 Å². The van der Waals surface area contributed by atoms with Crippen molar-refractivity contribution in [3.63, 3.8) is 0 Å². The van der Waals surface area contributed by atoms with Crippen LogP contribution in [0.3, 0.4) is 0 Å². The second-order valence-electron chi connectivity index (χ2n) is 16.5. The maximum absolute atomic E-state index is 6.78. The van der Waals surface area contributed by atoms with E-state index in [1.54, 1.807) is 0 Å². The highest BCUT2D eigenvalue weighted by Gasteiger charge is 2.38. The zero-order valence-corrected chi connectivity index (χ0v) is 32.1. The average Bonchev–Trinajstić information content (AvgIpc) is 3.82. The molecule has 11 rings (SSSR count). The lowest BCUT2D eigenvalue weighted by molar-refractivity contribution is 0.660. The minimum atomic E-state index is -0.101. The Balaban J connectivity index is 1.14. The van der Waals surface area contributed by atoms with E-state index in [0.29, 0.717) is 0 Å². The standard InChI is InChI=1S/C54H41NO/c1-53(2)45-25-10-6-21-43(45)51-41(22-14-26-46(51)53)39-19-7-11-27-48(39)55(49-28-15-23-42-40-20-8-12-29-50(40)56-52(42)49)36-17-13-16-34(32-36)35-30-31-38-37-18-5-9-24-44(37)54(3,4)47(38)33-35/h5-33H,1-4H3. The molecule has 56 heavy (non-hydrogen) atoms. The monoisotopic (exact) mass is 719 g/mol. The molecule has 0 N–H and O–H groups in total. The van der Waals surface area contributed by atoms with Crippen LogP contribution >= 0.6 is 0 Å². The van der Waals surface area contributed by atoms with Gasteiger partial charge in [-0.3, -0.25) is 0 Å². The van der Waals surface area contributed by atoms with E-state index < -0.39 is 0 Å². The number of para-hydroxylation sites is 3. The molecule has 2 heteroatoms. The summed E-state index contributed by atoms with van der Waals surface area (Å²) in [7, 11) is 0. The van der Waals surface area contributed by atoms with Gasteiger partial charge in [0, 0.05) is 32.9 Å². The van der Waals surface area contributed by atoms with Crippen molar-refractivity contribution in [2.45, 2.75) is 38.5 Å². The van der Waals surface area contributed by atoms with Crippen LogP contribution in [0.25, 0.3) is 66.4 Å². The molecular formula is C54H41NO. The Morgan fingerprint density at radius 1 is 0.393 bits per heavy atom. The normalized spacial score (nSPS) is 14.4. The molecule has 9 aromatic rings. The summed E-state index contributed by atoms with van der Waals surface area (Å²) in [4.78, 5) is 2.42. The zero-order valence-electron chi connectivity index (χ0n) is 32.1. The molecule has 2 aliphatic rings. The first-order valence-corrected chi connectivity index (χ1v) is 19.7. The van der Waals surface area contributed by atoms with Gasteiger partial charge in [0.05, 0.1) is 11.4 Å². The van der Waals surface area contributed by atoms with Crippen LogP contribution in [0.4, 0.5) is 17.1 Å². The Labute approximate surface area is 328 Å². The highest BCUT2D eigenvalue weighted by Crippen LogP contribution is 2.55. The Bertz CT molecular complexity index is 3050. The lowest BCUT2D eigenvalue weighted by Crippen LogP contribution is -2.15. The van der Waals surface area contributed by atoms with Crippen molar-refractivity contribution in [2.24, 2.45) is 0 Å². The zero-order chi connectivity index (χ0) is 37.8. The van der Waals surface area contributed by atoms with Crippen LogP contribution in [-0.2, 0) is 10.8 Å². The van der Waals surface area contributed by atoms with Gasteiger partial charge in [0.2, 0.25) is 0 Å². The average molecular weight is 720 g/mol. The first-order valence-electron chi connectivity index (χ1n) is 19.7. The van der Waals surface area contributed by atoms with Crippen molar-refractivity contribution < 1.29 is 4.42 Å². The van der Waals surface area contributed by atoms with E-state index in [9.17, 15) is 0 Å². The summed E-state index contributed by atoms with van der Waals surface area (Å²) in [5, 5.41) is 2.22. The molecule has 0 radical (unpaired) electrons. The molecule has 0 atom stereocenters. The molecule has 0 saturated heterocycles. The first-order chi connectivity index (χ1) is 27.3. The third-order valence-corrected chi connectivity index (χ3v) is 12.7. The number of rotatable bonds is 5. The van der Waals surface area contributed by atoms with Crippen molar-refractivity contribution in [2.75, 3.05) is 4.90 Å². The molecule has 0 saturated carbocycles. The van der Waals surface area contributed by atoms with Gasteiger partial charge < -0.3 is 9.32 Å². The summed E-state index contributed by atoms with van der Waals surface area (Å²) in [5.74, 6) is 0. The Morgan fingerprint density at radius 3 is 1.82 bits per heavy atom. The fourth-order valence-corrected chi connectivity index (χ4v) is 9.90. The van der Waals surface area contributed by atoms with Crippen molar-refractivity contribution in [1.29, 1.82) is 0 Å². The van der Waals surface area contributed by atoms with Gasteiger partial charge in [0.25, 0.3) is 0 Å².